The zero-order valence-electron chi connectivity index (χ0n) is 27.5. The monoisotopic (exact) mass is 653 g/mol. The number of allylic oxidation sites excluding steroid dienone is 3. The fourth-order valence-corrected chi connectivity index (χ4v) is 7.52. The fraction of sp³-hybridized carbons (Fsp3) is 0.119. The predicted octanol–water partition coefficient (Wildman–Crippen LogP) is 8.74. The number of benzene rings is 5. The average molecular weight is 654 g/mol. The molecule has 1 aliphatic heterocycles. The molecule has 1 aliphatic carbocycles. The zero-order chi connectivity index (χ0) is 33.5. The van der Waals surface area contributed by atoms with Crippen molar-refractivity contribution in [3.8, 4) is 11.1 Å². The maximum Gasteiger partial charge on any atom is 0.328 e. The van der Waals surface area contributed by atoms with E-state index in [0.29, 0.717) is 5.84 Å². The van der Waals surface area contributed by atoms with Gasteiger partial charge in [0.15, 0.2) is 5.84 Å². The van der Waals surface area contributed by atoms with Gasteiger partial charge in [-0.25, -0.2) is 14.8 Å². The van der Waals surface area contributed by atoms with Crippen molar-refractivity contribution in [2.75, 3.05) is 0 Å². The molecule has 3 aromatic heterocycles. The molecular formula is C42H31N5O3. The van der Waals surface area contributed by atoms with Gasteiger partial charge in [-0.15, -0.1) is 0 Å². The molecule has 0 bridgehead atoms. The van der Waals surface area contributed by atoms with Crippen LogP contribution in [0.5, 0.6) is 0 Å². The SMILES string of the molecule is Cn1c(=O)n(C)c2cc(-c3cccc(C4=NC(c5cccc6oc7cc8c(cc7c56)oc5ccccc58)=NC(C5=CC=CCC5)N4)c3)ccc21. The maximum absolute atomic E-state index is 12.6. The Morgan fingerprint density at radius 1 is 0.720 bits per heavy atom. The van der Waals surface area contributed by atoms with Gasteiger partial charge in [-0.2, -0.15) is 0 Å². The van der Waals surface area contributed by atoms with Crippen molar-refractivity contribution in [3.05, 3.63) is 142 Å². The summed E-state index contributed by atoms with van der Waals surface area (Å²) in [6.45, 7) is 0. The summed E-state index contributed by atoms with van der Waals surface area (Å²) >= 11 is 0. The van der Waals surface area contributed by atoms with Crippen LogP contribution in [0.4, 0.5) is 0 Å². The summed E-state index contributed by atoms with van der Waals surface area (Å²) in [5.74, 6) is 1.39. The second-order valence-corrected chi connectivity index (χ2v) is 13.1. The van der Waals surface area contributed by atoms with Crippen LogP contribution in [-0.4, -0.2) is 27.0 Å². The van der Waals surface area contributed by atoms with E-state index in [2.05, 4.69) is 84.2 Å². The number of imidazole rings is 1. The van der Waals surface area contributed by atoms with Crippen molar-refractivity contribution >= 4 is 66.6 Å². The standard InChI is InChI=1S/C42H31N5O3/c1-46-32-19-18-26(21-33(32)47(2)42(46)48)25-12-8-13-27(20-25)40-43-39(24-10-4-3-5-11-24)44-41(45-40)29-15-9-17-35-38(29)31-23-36-30(22-37(31)50-35)28-14-6-7-16-34(28)49-36/h3-4,6-10,12-23,39H,5,11H2,1-2H3,(H,43,44,45). The van der Waals surface area contributed by atoms with E-state index in [0.717, 1.165) is 95.8 Å². The van der Waals surface area contributed by atoms with Crippen molar-refractivity contribution in [2.24, 2.45) is 24.1 Å². The van der Waals surface area contributed by atoms with E-state index in [4.69, 9.17) is 18.8 Å². The van der Waals surface area contributed by atoms with Crippen molar-refractivity contribution in [3.63, 3.8) is 0 Å². The van der Waals surface area contributed by atoms with Crippen LogP contribution in [0.15, 0.2) is 144 Å². The lowest BCUT2D eigenvalue weighted by molar-refractivity contribution is 0.664. The molecule has 10 rings (SSSR count). The number of aromatic nitrogens is 2. The number of furan rings is 2. The molecule has 0 fully saturated rings. The molecule has 242 valence electrons. The van der Waals surface area contributed by atoms with E-state index < -0.39 is 0 Å². The van der Waals surface area contributed by atoms with Gasteiger partial charge in [0.25, 0.3) is 0 Å². The van der Waals surface area contributed by atoms with Gasteiger partial charge in [0.05, 0.1) is 11.0 Å². The highest BCUT2D eigenvalue weighted by atomic mass is 16.3. The molecule has 4 heterocycles. The van der Waals surface area contributed by atoms with Crippen molar-refractivity contribution in [1.82, 2.24) is 14.5 Å². The maximum atomic E-state index is 12.6. The lowest BCUT2D eigenvalue weighted by atomic mass is 9.99. The van der Waals surface area contributed by atoms with Gasteiger partial charge < -0.3 is 14.2 Å². The van der Waals surface area contributed by atoms with E-state index in [1.807, 2.05) is 43.4 Å². The van der Waals surface area contributed by atoms with Gasteiger partial charge in [-0.05, 0) is 72.0 Å². The summed E-state index contributed by atoms with van der Waals surface area (Å²) in [5.41, 5.74) is 10.1. The number of amidine groups is 2. The number of aryl methyl sites for hydroxylation is 2. The minimum Gasteiger partial charge on any atom is -0.456 e. The first-order chi connectivity index (χ1) is 24.5. The van der Waals surface area contributed by atoms with Crippen molar-refractivity contribution in [2.45, 2.75) is 19.0 Å². The number of hydrogen-bond acceptors (Lipinski definition) is 6. The number of aliphatic imine (C=N–C) groups is 2. The van der Waals surface area contributed by atoms with E-state index in [1.54, 1.807) is 16.2 Å². The summed E-state index contributed by atoms with van der Waals surface area (Å²) in [4.78, 5) is 23.1. The van der Waals surface area contributed by atoms with Gasteiger partial charge in [-0.3, -0.25) is 9.13 Å². The topological polar surface area (TPSA) is 90.0 Å². The molecule has 5 aromatic carbocycles. The smallest absolute Gasteiger partial charge is 0.328 e. The predicted molar refractivity (Wildman–Crippen MR) is 201 cm³/mol. The number of rotatable bonds is 4. The summed E-state index contributed by atoms with van der Waals surface area (Å²) in [6, 6.07) is 32.8. The van der Waals surface area contributed by atoms with Crippen LogP contribution in [0.25, 0.3) is 66.0 Å². The minimum atomic E-state index is -0.281. The zero-order valence-corrected chi connectivity index (χ0v) is 27.5. The van der Waals surface area contributed by atoms with Crippen LogP contribution < -0.4 is 11.0 Å². The third-order valence-corrected chi connectivity index (χ3v) is 10.1. The molecule has 1 N–H and O–H groups in total. The Morgan fingerprint density at radius 3 is 2.38 bits per heavy atom. The number of hydrogen-bond donors (Lipinski definition) is 1. The van der Waals surface area contributed by atoms with Crippen molar-refractivity contribution in [1.29, 1.82) is 0 Å². The Hall–Kier alpha value is -6.41. The molecule has 0 radical (unpaired) electrons. The molecule has 2 aliphatic rings. The van der Waals surface area contributed by atoms with Gasteiger partial charge in [0.1, 0.15) is 34.3 Å². The molecule has 0 spiro atoms. The number of nitrogens with one attached hydrogen (secondary N) is 1. The van der Waals surface area contributed by atoms with Gasteiger partial charge in [0, 0.05) is 46.8 Å². The molecule has 8 aromatic rings. The second-order valence-electron chi connectivity index (χ2n) is 13.1. The lowest BCUT2D eigenvalue weighted by Gasteiger charge is -2.26. The Balaban J connectivity index is 1.13. The van der Waals surface area contributed by atoms with Crippen LogP contribution in [0.1, 0.15) is 24.0 Å². The molecule has 8 nitrogen and oxygen atoms in total. The first-order valence-electron chi connectivity index (χ1n) is 16.8. The molecule has 0 saturated heterocycles. The Bertz CT molecular complexity index is 2910. The normalized spacial score (nSPS) is 16.4. The third kappa shape index (κ3) is 4.34. The number of fused-ring (bicyclic) bond motifs is 7. The van der Waals surface area contributed by atoms with Gasteiger partial charge in [0.2, 0.25) is 0 Å². The second kappa shape index (κ2) is 10.8. The number of nitrogens with zero attached hydrogens (tertiary/aromatic N) is 4. The first kappa shape index (κ1) is 28.6. The summed E-state index contributed by atoms with van der Waals surface area (Å²) in [5, 5.41) is 7.67. The quantitative estimate of drug-likeness (QED) is 0.206. The Morgan fingerprint density at radius 2 is 1.48 bits per heavy atom. The molecule has 1 unspecified atom stereocenters. The van der Waals surface area contributed by atoms with Crippen LogP contribution in [0.2, 0.25) is 0 Å². The van der Waals surface area contributed by atoms with E-state index in [1.165, 1.54) is 5.57 Å². The minimum absolute atomic E-state index is 0.0428. The molecule has 8 heteroatoms. The Labute approximate surface area is 286 Å². The van der Waals surface area contributed by atoms with Gasteiger partial charge in [-0.1, -0.05) is 72.8 Å². The van der Waals surface area contributed by atoms with Crippen LogP contribution in [0, 0.1) is 0 Å². The molecular weight excluding hydrogens is 622 g/mol. The fourth-order valence-electron chi connectivity index (χ4n) is 7.52. The van der Waals surface area contributed by atoms with E-state index in [-0.39, 0.29) is 11.9 Å². The van der Waals surface area contributed by atoms with Crippen LogP contribution in [-0.2, 0) is 14.1 Å². The first-order valence-corrected chi connectivity index (χ1v) is 16.8. The van der Waals surface area contributed by atoms with Crippen LogP contribution in [0.3, 0.4) is 0 Å². The summed E-state index contributed by atoms with van der Waals surface area (Å²) in [7, 11) is 3.61. The lowest BCUT2D eigenvalue weighted by Crippen LogP contribution is -2.40. The summed E-state index contributed by atoms with van der Waals surface area (Å²) < 4.78 is 16.1. The van der Waals surface area contributed by atoms with Crippen molar-refractivity contribution < 1.29 is 8.83 Å². The largest absolute Gasteiger partial charge is 0.456 e. The summed E-state index contributed by atoms with van der Waals surface area (Å²) in [6.07, 6.45) is 8.06. The molecule has 1 atom stereocenters. The number of para-hydroxylation sites is 1. The van der Waals surface area contributed by atoms with E-state index in [9.17, 15) is 4.79 Å². The third-order valence-electron chi connectivity index (χ3n) is 10.1. The molecule has 0 amide bonds. The van der Waals surface area contributed by atoms with Crippen LogP contribution >= 0.6 is 0 Å². The van der Waals surface area contributed by atoms with E-state index >= 15 is 0 Å². The molecule has 0 saturated carbocycles. The Kier molecular flexibility index (Phi) is 6.18. The highest BCUT2D eigenvalue weighted by Gasteiger charge is 2.25. The average Bonchev–Trinajstić information content (AvgIpc) is 3.79. The highest BCUT2D eigenvalue weighted by molar-refractivity contribution is 6.23. The molecule has 50 heavy (non-hydrogen) atoms. The highest BCUT2D eigenvalue weighted by Crippen LogP contribution is 2.38. The van der Waals surface area contributed by atoms with Gasteiger partial charge >= 0.3 is 5.69 Å².